The van der Waals surface area contributed by atoms with Crippen molar-refractivity contribution < 1.29 is 18.3 Å². The first-order valence-corrected chi connectivity index (χ1v) is 9.04. The molecule has 1 heterocycles. The Morgan fingerprint density at radius 2 is 2.15 bits per heavy atom. The van der Waals surface area contributed by atoms with Crippen molar-refractivity contribution in [3.8, 4) is 5.75 Å². The average Bonchev–Trinajstić information content (AvgIpc) is 3.19. The second-order valence-electron chi connectivity index (χ2n) is 8.00. The maximum absolute atomic E-state index is 13.3. The number of ether oxygens (including phenoxy) is 1. The number of nitrogens with one attached hydrogen (secondary N) is 1. The van der Waals surface area contributed by atoms with Crippen LogP contribution in [0.4, 0.5) is 8.78 Å². The van der Waals surface area contributed by atoms with E-state index in [4.69, 9.17) is 4.74 Å². The Morgan fingerprint density at radius 3 is 2.81 bits per heavy atom. The molecule has 2 atom stereocenters. The number of halogens is 2. The minimum atomic E-state index is -2.81. The topological polar surface area (TPSA) is 56.1 Å². The molecule has 144 valence electrons. The molecule has 0 spiro atoms. The number of hydrogen-bond donors (Lipinski definition) is 1. The molecule has 1 aromatic carbocycles. The molecule has 1 amide bonds. The van der Waals surface area contributed by atoms with Gasteiger partial charge >= 0.3 is 0 Å². The smallest absolute Gasteiger partial charge is 0.282 e. The SMILES string of the molecule is COc1cccc2c1C1(NC(=O)c3cn(C)nc3C(F)F)CCC2C1(C)C. The fourth-order valence-corrected chi connectivity index (χ4v) is 5.19. The molecule has 0 saturated heterocycles. The number of amides is 1. The van der Waals surface area contributed by atoms with Gasteiger partial charge in [-0.1, -0.05) is 26.0 Å². The van der Waals surface area contributed by atoms with E-state index in [0.717, 1.165) is 24.2 Å². The van der Waals surface area contributed by atoms with Gasteiger partial charge in [0.1, 0.15) is 11.4 Å². The van der Waals surface area contributed by atoms with E-state index in [0.29, 0.717) is 0 Å². The quantitative estimate of drug-likeness (QED) is 0.882. The molecule has 4 rings (SSSR count). The lowest BCUT2D eigenvalue weighted by Gasteiger charge is -2.40. The van der Waals surface area contributed by atoms with Gasteiger partial charge in [0.05, 0.1) is 18.2 Å². The zero-order chi connectivity index (χ0) is 19.6. The highest BCUT2D eigenvalue weighted by Gasteiger charge is 2.64. The molecule has 7 heteroatoms. The Labute approximate surface area is 156 Å². The normalized spacial score (nSPS) is 24.9. The van der Waals surface area contributed by atoms with Crippen molar-refractivity contribution in [2.45, 2.75) is 44.6 Å². The molecule has 1 fully saturated rings. The Morgan fingerprint density at radius 1 is 1.41 bits per heavy atom. The first-order valence-electron chi connectivity index (χ1n) is 9.04. The Balaban J connectivity index is 1.81. The predicted molar refractivity (Wildman–Crippen MR) is 96.1 cm³/mol. The van der Waals surface area contributed by atoms with Gasteiger partial charge in [0, 0.05) is 18.8 Å². The van der Waals surface area contributed by atoms with E-state index < -0.39 is 23.6 Å². The van der Waals surface area contributed by atoms with Gasteiger partial charge in [0.2, 0.25) is 0 Å². The van der Waals surface area contributed by atoms with Crippen LogP contribution in [0, 0.1) is 5.41 Å². The third kappa shape index (κ3) is 2.26. The van der Waals surface area contributed by atoms with Crippen LogP contribution in [0.2, 0.25) is 0 Å². The van der Waals surface area contributed by atoms with Crippen molar-refractivity contribution in [2.24, 2.45) is 12.5 Å². The third-order valence-corrected chi connectivity index (χ3v) is 6.50. The summed E-state index contributed by atoms with van der Waals surface area (Å²) < 4.78 is 33.5. The molecule has 2 aliphatic rings. The number of aryl methyl sites for hydroxylation is 1. The maximum atomic E-state index is 13.3. The van der Waals surface area contributed by atoms with Gasteiger partial charge in [0.15, 0.2) is 0 Å². The first kappa shape index (κ1) is 17.9. The summed E-state index contributed by atoms with van der Waals surface area (Å²) in [6, 6.07) is 5.92. The predicted octanol–water partition coefficient (Wildman–Crippen LogP) is 3.91. The molecular formula is C20H23F2N3O2. The number of carbonyl (C=O) groups is 1. The van der Waals surface area contributed by atoms with Crippen molar-refractivity contribution in [2.75, 3.05) is 7.11 Å². The lowest BCUT2D eigenvalue weighted by atomic mass is 9.73. The van der Waals surface area contributed by atoms with Crippen LogP contribution in [0.3, 0.4) is 0 Å². The lowest BCUT2D eigenvalue weighted by molar-refractivity contribution is 0.0793. The summed E-state index contributed by atoms with van der Waals surface area (Å²) in [6.45, 7) is 4.25. The van der Waals surface area contributed by atoms with Crippen LogP contribution in [0.15, 0.2) is 24.4 Å². The number of nitrogens with zero attached hydrogens (tertiary/aromatic N) is 2. The van der Waals surface area contributed by atoms with Gasteiger partial charge in [-0.05, 0) is 35.8 Å². The van der Waals surface area contributed by atoms with Crippen molar-refractivity contribution in [1.82, 2.24) is 15.1 Å². The van der Waals surface area contributed by atoms with Gasteiger partial charge in [-0.3, -0.25) is 9.48 Å². The summed E-state index contributed by atoms with van der Waals surface area (Å²) in [4.78, 5) is 13.1. The molecule has 1 saturated carbocycles. The third-order valence-electron chi connectivity index (χ3n) is 6.50. The number of aromatic nitrogens is 2. The van der Waals surface area contributed by atoms with Crippen molar-refractivity contribution in [3.63, 3.8) is 0 Å². The molecule has 0 aliphatic heterocycles. The van der Waals surface area contributed by atoms with Crippen LogP contribution in [0.5, 0.6) is 5.75 Å². The monoisotopic (exact) mass is 375 g/mol. The second kappa shape index (κ2) is 5.78. The van der Waals surface area contributed by atoms with Gasteiger partial charge < -0.3 is 10.1 Å². The van der Waals surface area contributed by atoms with Gasteiger partial charge in [-0.2, -0.15) is 5.10 Å². The van der Waals surface area contributed by atoms with E-state index in [2.05, 4.69) is 30.3 Å². The average molecular weight is 375 g/mol. The lowest BCUT2D eigenvalue weighted by Crippen LogP contribution is -2.51. The largest absolute Gasteiger partial charge is 0.496 e. The number of carbonyl (C=O) groups excluding carboxylic acids is 1. The Bertz CT molecular complexity index is 922. The van der Waals surface area contributed by atoms with Gasteiger partial charge in [-0.15, -0.1) is 0 Å². The van der Waals surface area contributed by atoms with E-state index in [9.17, 15) is 13.6 Å². The standard InChI is InChI=1S/C20H23F2N3O2/c1-19(2)13-8-9-20(19,15-11(13)6-5-7-14(15)27-4)23-18(26)12-10-25(3)24-16(12)17(21)22/h5-7,10,13,17H,8-9H2,1-4H3,(H,23,26). The molecular weight excluding hydrogens is 352 g/mol. The molecule has 1 aromatic heterocycles. The highest BCUT2D eigenvalue weighted by molar-refractivity contribution is 5.96. The van der Waals surface area contributed by atoms with E-state index in [1.165, 1.54) is 23.5 Å². The summed E-state index contributed by atoms with van der Waals surface area (Å²) >= 11 is 0. The number of alkyl halides is 2. The molecule has 27 heavy (non-hydrogen) atoms. The molecule has 1 N–H and O–H groups in total. The summed E-state index contributed by atoms with van der Waals surface area (Å²) in [7, 11) is 3.14. The summed E-state index contributed by atoms with van der Waals surface area (Å²) in [5, 5.41) is 6.88. The fraction of sp³-hybridized carbons (Fsp3) is 0.500. The van der Waals surface area contributed by atoms with E-state index in [1.807, 2.05) is 12.1 Å². The van der Waals surface area contributed by atoms with Crippen molar-refractivity contribution in [3.05, 3.63) is 46.8 Å². The Kier molecular flexibility index (Phi) is 3.84. The minimum Gasteiger partial charge on any atom is -0.496 e. The van der Waals surface area contributed by atoms with Crippen LogP contribution in [0.1, 0.15) is 66.2 Å². The highest BCUT2D eigenvalue weighted by atomic mass is 19.3. The number of methoxy groups -OCH3 is 1. The van der Waals surface area contributed by atoms with Gasteiger partial charge in [0.25, 0.3) is 12.3 Å². The number of benzene rings is 1. The molecule has 2 aromatic rings. The van der Waals surface area contributed by atoms with E-state index in [-0.39, 0.29) is 16.9 Å². The zero-order valence-corrected chi connectivity index (χ0v) is 15.8. The van der Waals surface area contributed by atoms with E-state index >= 15 is 0 Å². The first-order chi connectivity index (χ1) is 12.7. The van der Waals surface area contributed by atoms with Crippen LogP contribution >= 0.6 is 0 Å². The molecule has 2 aliphatic carbocycles. The minimum absolute atomic E-state index is 0.0792. The summed E-state index contributed by atoms with van der Waals surface area (Å²) in [6.07, 6.45) is 0.223. The summed E-state index contributed by atoms with van der Waals surface area (Å²) in [5.41, 5.74) is 0.663. The summed E-state index contributed by atoms with van der Waals surface area (Å²) in [5.74, 6) is 0.487. The number of rotatable bonds is 4. The van der Waals surface area contributed by atoms with Crippen LogP contribution < -0.4 is 10.1 Å². The number of hydrogen-bond acceptors (Lipinski definition) is 3. The molecule has 2 bridgehead atoms. The maximum Gasteiger partial charge on any atom is 0.282 e. The van der Waals surface area contributed by atoms with E-state index in [1.54, 1.807) is 7.11 Å². The fourth-order valence-electron chi connectivity index (χ4n) is 5.19. The van der Waals surface area contributed by atoms with Crippen molar-refractivity contribution >= 4 is 5.91 Å². The Hall–Kier alpha value is -2.44. The molecule has 0 radical (unpaired) electrons. The van der Waals surface area contributed by atoms with Crippen molar-refractivity contribution in [1.29, 1.82) is 0 Å². The van der Waals surface area contributed by atoms with Crippen LogP contribution in [0.25, 0.3) is 0 Å². The second-order valence-corrected chi connectivity index (χ2v) is 8.00. The molecule has 5 nitrogen and oxygen atoms in total. The number of fused-ring (bicyclic) bond motifs is 5. The van der Waals surface area contributed by atoms with Gasteiger partial charge in [-0.25, -0.2) is 8.78 Å². The highest BCUT2D eigenvalue weighted by Crippen LogP contribution is 2.68. The van der Waals surface area contributed by atoms with Crippen LogP contribution in [-0.2, 0) is 12.6 Å². The molecule has 2 unspecified atom stereocenters. The van der Waals surface area contributed by atoms with Crippen LogP contribution in [-0.4, -0.2) is 22.8 Å². The zero-order valence-electron chi connectivity index (χ0n) is 15.8.